The molecule has 1 amide bonds. The summed E-state index contributed by atoms with van der Waals surface area (Å²) in [7, 11) is -3.47. The highest BCUT2D eigenvalue weighted by atomic mass is 35.5. The number of nitrogens with one attached hydrogen (secondary N) is 1. The van der Waals surface area contributed by atoms with E-state index in [0.29, 0.717) is 18.7 Å². The maximum absolute atomic E-state index is 12.7. The zero-order chi connectivity index (χ0) is 20.0. The average molecular weight is 419 g/mol. The van der Waals surface area contributed by atoms with Crippen molar-refractivity contribution in [3.05, 3.63) is 58.1 Å². The Bertz CT molecular complexity index is 1020. The maximum Gasteiger partial charge on any atom is 0.416 e. The standard InChI is InChI=1S/C17H14ClF3N2O3S/c1-27(25,26)23-7-6-10-2-3-11(8-15(10)23)16(24)22-14-5-4-12(9-13(14)18)17(19,20)21/h2-5,8-9H,6-7H2,1H3,(H,22,24). The van der Waals surface area contributed by atoms with Crippen molar-refractivity contribution < 1.29 is 26.4 Å². The lowest BCUT2D eigenvalue weighted by Gasteiger charge is -2.17. The molecule has 3 rings (SSSR count). The molecular formula is C17H14ClF3N2O3S. The summed E-state index contributed by atoms with van der Waals surface area (Å²) in [6.45, 7) is 0.296. The van der Waals surface area contributed by atoms with E-state index in [0.717, 1.165) is 30.0 Å². The van der Waals surface area contributed by atoms with Crippen molar-refractivity contribution in [1.29, 1.82) is 0 Å². The zero-order valence-electron chi connectivity index (χ0n) is 14.0. The minimum atomic E-state index is -4.54. The number of alkyl halides is 3. The van der Waals surface area contributed by atoms with Crippen LogP contribution in [0.2, 0.25) is 5.02 Å². The SMILES string of the molecule is CS(=O)(=O)N1CCc2ccc(C(=O)Nc3ccc(C(F)(F)F)cc3Cl)cc21. The predicted octanol–water partition coefficient (Wildman–Crippen LogP) is 3.93. The molecule has 0 unspecified atom stereocenters. The number of nitrogens with zero attached hydrogens (tertiary/aromatic N) is 1. The largest absolute Gasteiger partial charge is 0.416 e. The molecule has 2 aromatic carbocycles. The van der Waals surface area contributed by atoms with Gasteiger partial charge in [0, 0.05) is 12.1 Å². The van der Waals surface area contributed by atoms with Gasteiger partial charge in [0.25, 0.3) is 5.91 Å². The molecule has 1 aliphatic rings. The molecule has 0 fully saturated rings. The summed E-state index contributed by atoms with van der Waals surface area (Å²) in [5.41, 5.74) is 0.482. The Morgan fingerprint density at radius 1 is 1.19 bits per heavy atom. The summed E-state index contributed by atoms with van der Waals surface area (Å²) < 4.78 is 63.0. The highest BCUT2D eigenvalue weighted by Gasteiger charge is 2.31. The van der Waals surface area contributed by atoms with Crippen LogP contribution in [0.5, 0.6) is 0 Å². The molecule has 1 heterocycles. The smallest absolute Gasteiger partial charge is 0.321 e. The number of carbonyl (C=O) groups is 1. The van der Waals surface area contributed by atoms with Gasteiger partial charge in [-0.25, -0.2) is 8.42 Å². The molecule has 2 aromatic rings. The number of halogens is 4. The van der Waals surface area contributed by atoms with Crippen LogP contribution in [0, 0.1) is 0 Å². The Labute approximate surface area is 158 Å². The monoisotopic (exact) mass is 418 g/mol. The Balaban J connectivity index is 1.86. The number of fused-ring (bicyclic) bond motifs is 1. The summed E-state index contributed by atoms with van der Waals surface area (Å²) in [6.07, 6.45) is -2.92. The van der Waals surface area contributed by atoms with Crippen LogP contribution in [-0.2, 0) is 22.6 Å². The normalized spacial score (nSPS) is 14.2. The Morgan fingerprint density at radius 2 is 1.89 bits per heavy atom. The molecule has 0 radical (unpaired) electrons. The maximum atomic E-state index is 12.7. The molecule has 0 bridgehead atoms. The summed E-state index contributed by atoms with van der Waals surface area (Å²) in [5, 5.41) is 2.19. The van der Waals surface area contributed by atoms with Crippen molar-refractivity contribution in [2.75, 3.05) is 22.4 Å². The van der Waals surface area contributed by atoms with E-state index in [1.54, 1.807) is 6.07 Å². The number of anilines is 2. The summed E-state index contributed by atoms with van der Waals surface area (Å²) >= 11 is 5.84. The van der Waals surface area contributed by atoms with Crippen molar-refractivity contribution in [2.45, 2.75) is 12.6 Å². The van der Waals surface area contributed by atoms with Crippen LogP contribution in [0.4, 0.5) is 24.5 Å². The predicted molar refractivity (Wildman–Crippen MR) is 96.7 cm³/mol. The lowest BCUT2D eigenvalue weighted by Crippen LogP contribution is -2.27. The second-order valence-corrected chi connectivity index (χ2v) is 8.39. The van der Waals surface area contributed by atoms with Crippen LogP contribution in [0.3, 0.4) is 0 Å². The van der Waals surface area contributed by atoms with Gasteiger partial charge in [0.05, 0.1) is 28.2 Å². The van der Waals surface area contributed by atoms with Crippen LogP contribution >= 0.6 is 11.6 Å². The zero-order valence-corrected chi connectivity index (χ0v) is 15.5. The second-order valence-electron chi connectivity index (χ2n) is 6.08. The molecule has 0 atom stereocenters. The molecule has 0 aliphatic carbocycles. The fourth-order valence-corrected chi connectivity index (χ4v) is 4.00. The molecule has 10 heteroatoms. The minimum Gasteiger partial charge on any atom is -0.321 e. The third kappa shape index (κ3) is 4.03. The number of benzene rings is 2. The summed E-state index contributed by atoms with van der Waals surface area (Å²) in [6, 6.07) is 7.23. The van der Waals surface area contributed by atoms with Gasteiger partial charge < -0.3 is 5.32 Å². The molecule has 27 heavy (non-hydrogen) atoms. The molecular weight excluding hydrogens is 405 g/mol. The second kappa shape index (κ2) is 6.72. The molecule has 144 valence electrons. The Kier molecular flexibility index (Phi) is 4.85. The lowest BCUT2D eigenvalue weighted by molar-refractivity contribution is -0.137. The van der Waals surface area contributed by atoms with Gasteiger partial charge in [-0.1, -0.05) is 17.7 Å². The van der Waals surface area contributed by atoms with Crippen LogP contribution in [0.25, 0.3) is 0 Å². The molecule has 0 spiro atoms. The molecule has 0 aromatic heterocycles. The number of hydrogen-bond acceptors (Lipinski definition) is 3. The van der Waals surface area contributed by atoms with Crippen molar-refractivity contribution in [3.63, 3.8) is 0 Å². The van der Waals surface area contributed by atoms with E-state index in [1.807, 2.05) is 0 Å². The minimum absolute atomic E-state index is 0.0233. The highest BCUT2D eigenvalue weighted by Crippen LogP contribution is 2.34. The van der Waals surface area contributed by atoms with Crippen molar-refractivity contribution in [2.24, 2.45) is 0 Å². The third-order valence-electron chi connectivity index (χ3n) is 4.15. The van der Waals surface area contributed by atoms with Crippen LogP contribution in [0.15, 0.2) is 36.4 Å². The van der Waals surface area contributed by atoms with Crippen molar-refractivity contribution in [3.8, 4) is 0 Å². The summed E-state index contributed by atoms with van der Waals surface area (Å²) in [4.78, 5) is 12.4. The Morgan fingerprint density at radius 3 is 2.48 bits per heavy atom. The third-order valence-corrected chi connectivity index (χ3v) is 5.64. The van der Waals surface area contributed by atoms with Gasteiger partial charge >= 0.3 is 6.18 Å². The number of hydrogen-bond donors (Lipinski definition) is 1. The van der Waals surface area contributed by atoms with Gasteiger partial charge in [0.15, 0.2) is 0 Å². The van der Waals surface area contributed by atoms with E-state index in [2.05, 4.69) is 5.32 Å². The van der Waals surface area contributed by atoms with E-state index >= 15 is 0 Å². The quantitative estimate of drug-likeness (QED) is 0.821. The first kappa shape index (κ1) is 19.5. The first-order valence-electron chi connectivity index (χ1n) is 7.75. The van der Waals surface area contributed by atoms with Crippen LogP contribution in [0.1, 0.15) is 21.5 Å². The Hall–Kier alpha value is -2.26. The first-order chi connectivity index (χ1) is 12.5. The molecule has 1 N–H and O–H groups in total. The van der Waals surface area contributed by atoms with Crippen LogP contribution in [-0.4, -0.2) is 27.1 Å². The average Bonchev–Trinajstić information content (AvgIpc) is 2.98. The van der Waals surface area contributed by atoms with E-state index in [-0.39, 0.29) is 16.3 Å². The number of sulfonamides is 1. The van der Waals surface area contributed by atoms with Crippen molar-refractivity contribution in [1.82, 2.24) is 0 Å². The van der Waals surface area contributed by atoms with Gasteiger partial charge in [-0.05, 0) is 42.3 Å². The number of rotatable bonds is 3. The van der Waals surface area contributed by atoms with Gasteiger partial charge in [-0.2, -0.15) is 13.2 Å². The molecule has 0 saturated heterocycles. The van der Waals surface area contributed by atoms with E-state index in [4.69, 9.17) is 11.6 Å². The summed E-state index contributed by atoms with van der Waals surface area (Å²) in [5.74, 6) is -0.611. The number of amides is 1. The molecule has 1 aliphatic heterocycles. The van der Waals surface area contributed by atoms with Gasteiger partial charge in [0.1, 0.15) is 0 Å². The lowest BCUT2D eigenvalue weighted by atomic mass is 10.1. The van der Waals surface area contributed by atoms with E-state index in [1.165, 1.54) is 16.4 Å². The van der Waals surface area contributed by atoms with Gasteiger partial charge in [-0.3, -0.25) is 9.10 Å². The van der Waals surface area contributed by atoms with E-state index < -0.39 is 27.7 Å². The van der Waals surface area contributed by atoms with Gasteiger partial charge in [0.2, 0.25) is 10.0 Å². The topological polar surface area (TPSA) is 66.5 Å². The molecule has 5 nitrogen and oxygen atoms in total. The fourth-order valence-electron chi connectivity index (χ4n) is 2.82. The molecule has 0 saturated carbocycles. The highest BCUT2D eigenvalue weighted by molar-refractivity contribution is 7.92. The van der Waals surface area contributed by atoms with Gasteiger partial charge in [-0.15, -0.1) is 0 Å². The van der Waals surface area contributed by atoms with Crippen molar-refractivity contribution >= 4 is 38.9 Å². The first-order valence-corrected chi connectivity index (χ1v) is 9.98. The fraction of sp³-hybridized carbons (Fsp3) is 0.235. The number of carbonyl (C=O) groups excluding carboxylic acids is 1. The van der Waals surface area contributed by atoms with E-state index in [9.17, 15) is 26.4 Å². The van der Waals surface area contributed by atoms with Crippen LogP contribution < -0.4 is 9.62 Å².